The Kier molecular flexibility index (Phi) is 4.85. The Morgan fingerprint density at radius 3 is 2.73 bits per heavy atom. The zero-order chi connectivity index (χ0) is 15.4. The summed E-state index contributed by atoms with van der Waals surface area (Å²) in [5, 5.41) is 11.8. The Morgan fingerprint density at radius 1 is 1.14 bits per heavy atom. The van der Waals surface area contributed by atoms with Gasteiger partial charge in [0.1, 0.15) is 0 Å². The van der Waals surface area contributed by atoms with Crippen LogP contribution in [0.1, 0.15) is 37.4 Å². The molecular formula is C17H25N5. The number of hydrogen-bond donors (Lipinski definition) is 1. The van der Waals surface area contributed by atoms with Crippen LogP contribution in [0.5, 0.6) is 0 Å². The Balaban J connectivity index is 1.76. The van der Waals surface area contributed by atoms with Gasteiger partial charge in [0.15, 0.2) is 0 Å². The predicted octanol–water partition coefficient (Wildman–Crippen LogP) is 2.19. The second-order valence-corrected chi connectivity index (χ2v) is 6.26. The van der Waals surface area contributed by atoms with Crippen molar-refractivity contribution in [3.8, 4) is 5.69 Å². The van der Waals surface area contributed by atoms with Gasteiger partial charge in [0.25, 0.3) is 0 Å². The summed E-state index contributed by atoms with van der Waals surface area (Å²) in [6.07, 6.45) is 3.08. The van der Waals surface area contributed by atoms with Gasteiger partial charge in [-0.05, 0) is 43.1 Å². The zero-order valence-electron chi connectivity index (χ0n) is 13.5. The van der Waals surface area contributed by atoms with E-state index >= 15 is 0 Å². The lowest BCUT2D eigenvalue weighted by molar-refractivity contribution is 0.278. The number of rotatable bonds is 4. The molecule has 1 aromatic heterocycles. The number of hydrogen-bond acceptors (Lipinski definition) is 4. The SMILES string of the molecule is CC(C)c1ccc(-n2nncc2CN2CCCNCC2)cc1. The molecule has 22 heavy (non-hydrogen) atoms. The van der Waals surface area contributed by atoms with Gasteiger partial charge in [0, 0.05) is 19.6 Å². The third-order valence-electron chi connectivity index (χ3n) is 4.24. The molecule has 0 radical (unpaired) electrons. The Morgan fingerprint density at radius 2 is 1.95 bits per heavy atom. The van der Waals surface area contributed by atoms with E-state index in [9.17, 15) is 0 Å². The molecule has 1 fully saturated rings. The molecule has 2 aromatic rings. The van der Waals surface area contributed by atoms with Gasteiger partial charge in [-0.15, -0.1) is 5.10 Å². The van der Waals surface area contributed by atoms with Crippen molar-refractivity contribution in [3.05, 3.63) is 41.7 Å². The van der Waals surface area contributed by atoms with Gasteiger partial charge in [0.05, 0.1) is 17.6 Å². The van der Waals surface area contributed by atoms with E-state index in [2.05, 4.69) is 58.6 Å². The van der Waals surface area contributed by atoms with Crippen molar-refractivity contribution in [2.75, 3.05) is 26.2 Å². The second kappa shape index (κ2) is 7.03. The highest BCUT2D eigenvalue weighted by Crippen LogP contribution is 2.18. The molecule has 0 unspecified atom stereocenters. The van der Waals surface area contributed by atoms with Crippen LogP contribution in [0.2, 0.25) is 0 Å². The number of aromatic nitrogens is 3. The number of benzene rings is 1. The largest absolute Gasteiger partial charge is 0.315 e. The molecular weight excluding hydrogens is 274 g/mol. The molecule has 0 bridgehead atoms. The van der Waals surface area contributed by atoms with Crippen molar-refractivity contribution < 1.29 is 0 Å². The van der Waals surface area contributed by atoms with Crippen LogP contribution in [0, 0.1) is 0 Å². The van der Waals surface area contributed by atoms with Gasteiger partial charge in [-0.2, -0.15) is 0 Å². The summed E-state index contributed by atoms with van der Waals surface area (Å²) >= 11 is 0. The molecule has 2 heterocycles. The first-order chi connectivity index (χ1) is 10.7. The molecule has 1 aromatic carbocycles. The zero-order valence-corrected chi connectivity index (χ0v) is 13.5. The monoisotopic (exact) mass is 299 g/mol. The van der Waals surface area contributed by atoms with E-state index in [-0.39, 0.29) is 0 Å². The molecule has 5 nitrogen and oxygen atoms in total. The van der Waals surface area contributed by atoms with E-state index in [0.29, 0.717) is 5.92 Å². The van der Waals surface area contributed by atoms with Crippen molar-refractivity contribution in [2.24, 2.45) is 0 Å². The smallest absolute Gasteiger partial charge is 0.0786 e. The molecule has 3 rings (SSSR count). The van der Waals surface area contributed by atoms with Crippen LogP contribution >= 0.6 is 0 Å². The highest BCUT2D eigenvalue weighted by Gasteiger charge is 2.13. The topological polar surface area (TPSA) is 46.0 Å². The molecule has 0 aliphatic carbocycles. The van der Waals surface area contributed by atoms with E-state index < -0.39 is 0 Å². The molecule has 0 atom stereocenters. The van der Waals surface area contributed by atoms with E-state index in [0.717, 1.165) is 44.1 Å². The molecule has 1 N–H and O–H groups in total. The van der Waals surface area contributed by atoms with Crippen LogP contribution in [0.25, 0.3) is 5.69 Å². The lowest BCUT2D eigenvalue weighted by Gasteiger charge is -2.19. The number of nitrogens with zero attached hydrogens (tertiary/aromatic N) is 4. The van der Waals surface area contributed by atoms with E-state index in [4.69, 9.17) is 0 Å². The van der Waals surface area contributed by atoms with Gasteiger partial charge in [-0.1, -0.05) is 31.2 Å². The highest BCUT2D eigenvalue weighted by molar-refractivity contribution is 5.35. The first-order valence-corrected chi connectivity index (χ1v) is 8.17. The number of nitrogens with one attached hydrogen (secondary N) is 1. The summed E-state index contributed by atoms with van der Waals surface area (Å²) in [6, 6.07) is 8.64. The lowest BCUT2D eigenvalue weighted by atomic mass is 10.0. The first-order valence-electron chi connectivity index (χ1n) is 8.17. The van der Waals surface area contributed by atoms with Crippen LogP contribution in [0.4, 0.5) is 0 Å². The molecule has 0 amide bonds. The summed E-state index contributed by atoms with van der Waals surface area (Å²) < 4.78 is 1.96. The van der Waals surface area contributed by atoms with Crippen LogP contribution in [0.15, 0.2) is 30.5 Å². The first kappa shape index (κ1) is 15.2. The van der Waals surface area contributed by atoms with Crippen molar-refractivity contribution >= 4 is 0 Å². The summed E-state index contributed by atoms with van der Waals surface area (Å²) in [6.45, 7) is 9.71. The fraction of sp³-hybridized carbons (Fsp3) is 0.529. The maximum Gasteiger partial charge on any atom is 0.0786 e. The summed E-state index contributed by atoms with van der Waals surface area (Å²) in [7, 11) is 0. The van der Waals surface area contributed by atoms with Crippen LogP contribution in [0.3, 0.4) is 0 Å². The molecule has 5 heteroatoms. The van der Waals surface area contributed by atoms with Crippen LogP contribution in [-0.2, 0) is 6.54 Å². The van der Waals surface area contributed by atoms with E-state index in [1.165, 1.54) is 12.0 Å². The van der Waals surface area contributed by atoms with Crippen molar-refractivity contribution in [1.29, 1.82) is 0 Å². The van der Waals surface area contributed by atoms with Crippen molar-refractivity contribution in [2.45, 2.75) is 32.7 Å². The van der Waals surface area contributed by atoms with Gasteiger partial charge >= 0.3 is 0 Å². The molecule has 0 spiro atoms. The van der Waals surface area contributed by atoms with Gasteiger partial charge in [-0.3, -0.25) is 4.90 Å². The standard InChI is InChI=1S/C17H25N5/c1-14(2)15-4-6-16(7-5-15)22-17(12-19-20-22)13-21-10-3-8-18-9-11-21/h4-7,12,14,18H,3,8-11,13H2,1-2H3. The maximum atomic E-state index is 4.27. The van der Waals surface area contributed by atoms with E-state index in [1.807, 2.05) is 10.9 Å². The third-order valence-corrected chi connectivity index (χ3v) is 4.24. The predicted molar refractivity (Wildman–Crippen MR) is 88.2 cm³/mol. The quantitative estimate of drug-likeness (QED) is 0.940. The van der Waals surface area contributed by atoms with Gasteiger partial charge in [-0.25, -0.2) is 4.68 Å². The third kappa shape index (κ3) is 3.54. The lowest BCUT2D eigenvalue weighted by Crippen LogP contribution is -2.28. The normalized spacial score (nSPS) is 16.9. The van der Waals surface area contributed by atoms with Gasteiger partial charge < -0.3 is 5.32 Å². The van der Waals surface area contributed by atoms with Crippen LogP contribution < -0.4 is 5.32 Å². The second-order valence-electron chi connectivity index (χ2n) is 6.26. The minimum atomic E-state index is 0.550. The fourth-order valence-electron chi connectivity index (χ4n) is 2.87. The Hall–Kier alpha value is -1.72. The van der Waals surface area contributed by atoms with Crippen molar-refractivity contribution in [3.63, 3.8) is 0 Å². The molecule has 0 saturated carbocycles. The minimum absolute atomic E-state index is 0.550. The average molecular weight is 299 g/mol. The van der Waals surface area contributed by atoms with E-state index in [1.54, 1.807) is 0 Å². The molecule has 1 saturated heterocycles. The summed E-state index contributed by atoms with van der Waals surface area (Å²) in [5.74, 6) is 0.550. The van der Waals surface area contributed by atoms with Gasteiger partial charge in [0.2, 0.25) is 0 Å². The summed E-state index contributed by atoms with van der Waals surface area (Å²) in [5.41, 5.74) is 3.59. The maximum absolute atomic E-state index is 4.27. The fourth-order valence-corrected chi connectivity index (χ4v) is 2.87. The van der Waals surface area contributed by atoms with Crippen molar-refractivity contribution in [1.82, 2.24) is 25.2 Å². The van der Waals surface area contributed by atoms with Crippen LogP contribution in [-0.4, -0.2) is 46.1 Å². The molecule has 1 aliphatic heterocycles. The highest BCUT2D eigenvalue weighted by atomic mass is 15.4. The summed E-state index contributed by atoms with van der Waals surface area (Å²) in [4.78, 5) is 2.47. The Labute approximate surface area is 132 Å². The Bertz CT molecular complexity index is 579. The molecule has 118 valence electrons. The average Bonchev–Trinajstić information content (AvgIpc) is 2.82. The minimum Gasteiger partial charge on any atom is -0.315 e. The molecule has 1 aliphatic rings.